The van der Waals surface area contributed by atoms with Gasteiger partial charge in [-0.1, -0.05) is 30.3 Å². The molecule has 2 rings (SSSR count). The predicted molar refractivity (Wildman–Crippen MR) is 105 cm³/mol. The van der Waals surface area contributed by atoms with Crippen LogP contribution in [0.3, 0.4) is 0 Å². The minimum atomic E-state index is -3.57. The van der Waals surface area contributed by atoms with Crippen LogP contribution in [0.15, 0.2) is 60.0 Å². The van der Waals surface area contributed by atoms with Crippen molar-refractivity contribution in [2.45, 2.75) is 6.42 Å². The van der Waals surface area contributed by atoms with Gasteiger partial charge in [-0.25, -0.2) is 13.1 Å². The second-order valence-corrected chi connectivity index (χ2v) is 7.85. The van der Waals surface area contributed by atoms with Gasteiger partial charge in [-0.05, 0) is 58.5 Å². The largest absolute Gasteiger partial charge is 0.326 e. The van der Waals surface area contributed by atoms with Gasteiger partial charge in [0.1, 0.15) is 0 Å². The summed E-state index contributed by atoms with van der Waals surface area (Å²) in [5, 5.41) is 3.81. The summed E-state index contributed by atoms with van der Waals surface area (Å²) in [6.45, 7) is 0.0393. The Morgan fingerprint density at radius 3 is 2.38 bits per heavy atom. The van der Waals surface area contributed by atoms with Gasteiger partial charge in [0.05, 0.1) is 0 Å². The first-order valence-electron chi connectivity index (χ1n) is 7.23. The number of rotatable bonds is 7. The molecule has 126 valence electrons. The van der Waals surface area contributed by atoms with Gasteiger partial charge in [0.25, 0.3) is 0 Å². The number of benzene rings is 2. The van der Waals surface area contributed by atoms with E-state index in [2.05, 4.69) is 32.6 Å². The monoisotopic (exact) mass is 456 g/mol. The Balaban J connectivity index is 1.79. The third-order valence-corrected chi connectivity index (χ3v) is 4.84. The number of hydrogen-bond acceptors (Lipinski definition) is 3. The number of anilines is 1. The molecule has 0 aliphatic heterocycles. The lowest BCUT2D eigenvalue weighted by atomic mass is 10.2. The third-order valence-electron chi connectivity index (χ3n) is 3.02. The maximum atomic E-state index is 11.9. The molecule has 0 radical (unpaired) electrons. The summed E-state index contributed by atoms with van der Waals surface area (Å²) in [5.41, 5.74) is 1.48. The van der Waals surface area contributed by atoms with E-state index in [0.29, 0.717) is 5.69 Å². The van der Waals surface area contributed by atoms with Gasteiger partial charge in [0.2, 0.25) is 15.9 Å². The van der Waals surface area contributed by atoms with Crippen molar-refractivity contribution in [1.29, 1.82) is 0 Å². The van der Waals surface area contributed by atoms with Gasteiger partial charge >= 0.3 is 0 Å². The summed E-state index contributed by atoms with van der Waals surface area (Å²) in [5.74, 6) is -0.244. The van der Waals surface area contributed by atoms with Crippen LogP contribution in [0.4, 0.5) is 5.69 Å². The van der Waals surface area contributed by atoms with Gasteiger partial charge in [-0.2, -0.15) is 0 Å². The third kappa shape index (κ3) is 6.81. The molecular weight excluding hydrogens is 439 g/mol. The molecule has 24 heavy (non-hydrogen) atoms. The van der Waals surface area contributed by atoms with E-state index in [1.165, 1.54) is 6.08 Å². The van der Waals surface area contributed by atoms with Crippen LogP contribution in [0.1, 0.15) is 12.0 Å². The average Bonchev–Trinajstić information content (AvgIpc) is 2.56. The first kappa shape index (κ1) is 18.6. The maximum absolute atomic E-state index is 11.9. The summed E-state index contributed by atoms with van der Waals surface area (Å²) in [7, 11) is -3.57. The normalized spacial score (nSPS) is 11.5. The molecule has 0 atom stereocenters. The molecule has 0 bridgehead atoms. The molecule has 0 heterocycles. The van der Waals surface area contributed by atoms with E-state index in [1.807, 2.05) is 30.3 Å². The summed E-state index contributed by atoms with van der Waals surface area (Å²) in [6, 6.07) is 16.5. The topological polar surface area (TPSA) is 75.3 Å². The van der Waals surface area contributed by atoms with Crippen LogP contribution in [-0.2, 0) is 14.8 Å². The minimum Gasteiger partial charge on any atom is -0.326 e. The molecule has 1 amide bonds. The molecule has 2 aromatic carbocycles. The highest BCUT2D eigenvalue weighted by atomic mass is 127. The molecule has 0 aliphatic carbocycles. The van der Waals surface area contributed by atoms with Crippen LogP contribution in [0, 0.1) is 3.57 Å². The summed E-state index contributed by atoms with van der Waals surface area (Å²) in [6.07, 6.45) is 1.57. The minimum absolute atomic E-state index is 0.0393. The van der Waals surface area contributed by atoms with E-state index in [0.717, 1.165) is 14.5 Å². The standard InChI is InChI=1S/C17H17IN2O3S/c18-15-6-8-16(9-7-15)20-17(21)10-12-19-24(22,23)13-11-14-4-2-1-3-5-14/h1-9,11,13,19H,10,12H2,(H,20,21). The lowest BCUT2D eigenvalue weighted by Crippen LogP contribution is -2.26. The number of sulfonamides is 1. The number of carbonyl (C=O) groups excluding carboxylic acids is 1. The van der Waals surface area contributed by atoms with E-state index in [4.69, 9.17) is 0 Å². The van der Waals surface area contributed by atoms with Crippen molar-refractivity contribution in [3.63, 3.8) is 0 Å². The first-order valence-corrected chi connectivity index (χ1v) is 9.85. The summed E-state index contributed by atoms with van der Waals surface area (Å²) >= 11 is 2.18. The fraction of sp³-hybridized carbons (Fsp3) is 0.118. The zero-order chi connectivity index (χ0) is 17.4. The number of carbonyl (C=O) groups is 1. The van der Waals surface area contributed by atoms with E-state index >= 15 is 0 Å². The SMILES string of the molecule is O=C(CCNS(=O)(=O)C=Cc1ccccc1)Nc1ccc(I)cc1. The Kier molecular flexibility index (Phi) is 6.95. The van der Waals surface area contributed by atoms with Crippen molar-refractivity contribution in [3.8, 4) is 0 Å². The molecule has 0 unspecified atom stereocenters. The number of amides is 1. The van der Waals surface area contributed by atoms with Crippen molar-refractivity contribution < 1.29 is 13.2 Å². The van der Waals surface area contributed by atoms with Crippen molar-refractivity contribution in [2.24, 2.45) is 0 Å². The molecular formula is C17H17IN2O3S. The van der Waals surface area contributed by atoms with E-state index < -0.39 is 10.0 Å². The fourth-order valence-corrected chi connectivity index (χ4v) is 3.02. The molecule has 0 aromatic heterocycles. The molecule has 5 nitrogen and oxygen atoms in total. The Morgan fingerprint density at radius 1 is 1.04 bits per heavy atom. The van der Waals surface area contributed by atoms with E-state index in [-0.39, 0.29) is 18.9 Å². The van der Waals surface area contributed by atoms with Crippen LogP contribution in [-0.4, -0.2) is 20.9 Å². The second kappa shape index (κ2) is 8.95. The van der Waals surface area contributed by atoms with Crippen molar-refractivity contribution in [1.82, 2.24) is 4.72 Å². The van der Waals surface area contributed by atoms with Crippen LogP contribution < -0.4 is 10.0 Å². The van der Waals surface area contributed by atoms with Crippen LogP contribution in [0.5, 0.6) is 0 Å². The van der Waals surface area contributed by atoms with Gasteiger partial charge in [-0.3, -0.25) is 4.79 Å². The fourth-order valence-electron chi connectivity index (χ4n) is 1.84. The highest BCUT2D eigenvalue weighted by Gasteiger charge is 2.07. The van der Waals surface area contributed by atoms with E-state index in [9.17, 15) is 13.2 Å². The summed E-state index contributed by atoms with van der Waals surface area (Å²) < 4.78 is 27.2. The number of nitrogens with one attached hydrogen (secondary N) is 2. The zero-order valence-corrected chi connectivity index (χ0v) is 15.8. The lowest BCUT2D eigenvalue weighted by Gasteiger charge is -2.06. The van der Waals surface area contributed by atoms with Crippen molar-refractivity contribution >= 4 is 50.3 Å². The molecule has 0 fully saturated rings. The molecule has 0 saturated carbocycles. The van der Waals surface area contributed by atoms with Crippen LogP contribution in [0.25, 0.3) is 6.08 Å². The highest BCUT2D eigenvalue weighted by molar-refractivity contribution is 14.1. The quantitative estimate of drug-likeness (QED) is 0.629. The number of halogens is 1. The van der Waals surface area contributed by atoms with E-state index in [1.54, 1.807) is 24.3 Å². The molecule has 2 aromatic rings. The Labute approximate surface area is 155 Å². The zero-order valence-electron chi connectivity index (χ0n) is 12.8. The van der Waals surface area contributed by atoms with Gasteiger partial charge in [0.15, 0.2) is 0 Å². The number of hydrogen-bond donors (Lipinski definition) is 2. The van der Waals surface area contributed by atoms with Crippen LogP contribution >= 0.6 is 22.6 Å². The molecule has 7 heteroatoms. The Hall–Kier alpha value is -1.71. The first-order chi connectivity index (χ1) is 11.4. The van der Waals surface area contributed by atoms with Gasteiger partial charge in [-0.15, -0.1) is 0 Å². The average molecular weight is 456 g/mol. The lowest BCUT2D eigenvalue weighted by molar-refractivity contribution is -0.116. The highest BCUT2D eigenvalue weighted by Crippen LogP contribution is 2.11. The second-order valence-electron chi connectivity index (χ2n) is 4.96. The van der Waals surface area contributed by atoms with Crippen LogP contribution in [0.2, 0.25) is 0 Å². The van der Waals surface area contributed by atoms with Gasteiger partial charge < -0.3 is 5.32 Å². The van der Waals surface area contributed by atoms with Gasteiger partial charge in [0, 0.05) is 27.6 Å². The molecule has 2 N–H and O–H groups in total. The van der Waals surface area contributed by atoms with Crippen molar-refractivity contribution in [2.75, 3.05) is 11.9 Å². The molecule has 0 aliphatic rings. The molecule has 0 spiro atoms. The Morgan fingerprint density at radius 2 is 1.71 bits per heavy atom. The Bertz CT molecular complexity index is 803. The predicted octanol–water partition coefficient (Wildman–Crippen LogP) is 3.21. The maximum Gasteiger partial charge on any atom is 0.233 e. The van der Waals surface area contributed by atoms with Crippen molar-refractivity contribution in [3.05, 3.63) is 69.1 Å². The molecule has 0 saturated heterocycles. The summed E-state index contributed by atoms with van der Waals surface area (Å²) in [4.78, 5) is 11.8. The smallest absolute Gasteiger partial charge is 0.233 e.